The number of methoxy groups -OCH3 is 1. The van der Waals surface area contributed by atoms with E-state index in [-0.39, 0.29) is 16.9 Å². The van der Waals surface area contributed by atoms with Gasteiger partial charge in [0.15, 0.2) is 0 Å². The second kappa shape index (κ2) is 7.26. The molecule has 0 aliphatic carbocycles. The predicted molar refractivity (Wildman–Crippen MR) is 91.6 cm³/mol. The minimum Gasteiger partial charge on any atom is -0.467 e. The number of nitrogens with one attached hydrogen (secondary N) is 2. The Labute approximate surface area is 145 Å². The first-order valence-electron chi connectivity index (χ1n) is 7.08. The van der Waals surface area contributed by atoms with Gasteiger partial charge in [0.2, 0.25) is 5.95 Å². The second-order valence-corrected chi connectivity index (χ2v) is 6.68. The second-order valence-electron chi connectivity index (χ2n) is 5.03. The van der Waals surface area contributed by atoms with Crippen LogP contribution in [0.5, 0.6) is 6.01 Å². The third kappa shape index (κ3) is 4.51. The quantitative estimate of drug-likeness (QED) is 0.829. The molecule has 0 atom stereocenters. The third-order valence-electron chi connectivity index (χ3n) is 3.00. The van der Waals surface area contributed by atoms with E-state index in [0.29, 0.717) is 17.0 Å². The van der Waals surface area contributed by atoms with Gasteiger partial charge in [0.1, 0.15) is 5.82 Å². The van der Waals surface area contributed by atoms with Gasteiger partial charge in [-0.25, -0.2) is 17.9 Å². The van der Waals surface area contributed by atoms with Crippen LogP contribution < -0.4 is 14.8 Å². The monoisotopic (exact) mass is 363 g/mol. The van der Waals surface area contributed by atoms with E-state index in [4.69, 9.17) is 4.74 Å². The molecule has 0 saturated heterocycles. The van der Waals surface area contributed by atoms with E-state index in [1.54, 1.807) is 32.0 Å². The van der Waals surface area contributed by atoms with Crippen molar-refractivity contribution in [1.82, 2.24) is 19.7 Å². The zero-order chi connectivity index (χ0) is 18.6. The molecule has 1 aromatic carbocycles. The standard InChI is InChI=1S/C15H17N5O4S/c1-9(2)11-7-5-6-8-12(11)25(22,23)20-14(21)18-13-16-10(3)17-15(19-13)24-4/h5-8H,1H2,2-4H3,(H2,16,17,18,19,20,21). The minimum absolute atomic E-state index is 0.00159. The molecule has 9 nitrogen and oxygen atoms in total. The number of anilines is 1. The van der Waals surface area contributed by atoms with Gasteiger partial charge in [-0.2, -0.15) is 15.0 Å². The molecule has 2 amide bonds. The summed E-state index contributed by atoms with van der Waals surface area (Å²) in [5.41, 5.74) is 0.972. The van der Waals surface area contributed by atoms with Crippen molar-refractivity contribution in [2.75, 3.05) is 12.4 Å². The molecule has 0 saturated carbocycles. The summed E-state index contributed by atoms with van der Waals surface area (Å²) in [7, 11) is -2.75. The average Bonchev–Trinajstić information content (AvgIpc) is 2.53. The SMILES string of the molecule is C=C(C)c1ccccc1S(=O)(=O)NC(=O)Nc1nc(C)nc(OC)n1. The fraction of sp³-hybridized carbons (Fsp3) is 0.200. The summed E-state index contributed by atoms with van der Waals surface area (Å²) in [6.07, 6.45) is 0. The van der Waals surface area contributed by atoms with Gasteiger partial charge in [-0.05, 0) is 31.1 Å². The molecule has 1 aromatic heterocycles. The van der Waals surface area contributed by atoms with Crippen LogP contribution in [0.3, 0.4) is 0 Å². The zero-order valence-corrected chi connectivity index (χ0v) is 14.7. The zero-order valence-electron chi connectivity index (χ0n) is 13.9. The summed E-state index contributed by atoms with van der Waals surface area (Å²) in [5.74, 6) is 0.169. The van der Waals surface area contributed by atoms with Gasteiger partial charge < -0.3 is 4.74 Å². The molecular formula is C15H17N5O4S. The van der Waals surface area contributed by atoms with Crippen molar-refractivity contribution in [3.8, 4) is 6.01 Å². The number of hydrogen-bond acceptors (Lipinski definition) is 7. The molecule has 0 radical (unpaired) electrons. The lowest BCUT2D eigenvalue weighted by molar-refractivity contribution is 0.256. The van der Waals surface area contributed by atoms with Gasteiger partial charge in [0.25, 0.3) is 10.0 Å². The van der Waals surface area contributed by atoms with Crippen LogP contribution >= 0.6 is 0 Å². The number of allylic oxidation sites excluding steroid dienone is 1. The molecule has 0 bridgehead atoms. The first-order chi connectivity index (χ1) is 11.7. The van der Waals surface area contributed by atoms with Crippen LogP contribution in [-0.2, 0) is 10.0 Å². The highest BCUT2D eigenvalue weighted by atomic mass is 32.2. The van der Waals surface area contributed by atoms with Crippen LogP contribution in [0, 0.1) is 6.92 Å². The fourth-order valence-electron chi connectivity index (χ4n) is 1.96. The summed E-state index contributed by atoms with van der Waals surface area (Å²) in [6.45, 7) is 6.99. The van der Waals surface area contributed by atoms with Gasteiger partial charge >= 0.3 is 12.0 Å². The number of carbonyl (C=O) groups is 1. The number of benzene rings is 1. The van der Waals surface area contributed by atoms with Crippen molar-refractivity contribution in [2.24, 2.45) is 0 Å². The van der Waals surface area contributed by atoms with E-state index in [2.05, 4.69) is 26.8 Å². The summed E-state index contributed by atoms with van der Waals surface area (Å²) in [6, 6.07) is 5.22. The number of nitrogens with zero attached hydrogens (tertiary/aromatic N) is 3. The highest BCUT2D eigenvalue weighted by Gasteiger charge is 2.21. The molecule has 0 spiro atoms. The van der Waals surface area contributed by atoms with Crippen molar-refractivity contribution in [1.29, 1.82) is 0 Å². The summed E-state index contributed by atoms with van der Waals surface area (Å²) in [5, 5.41) is 2.24. The number of amides is 2. The lowest BCUT2D eigenvalue weighted by Gasteiger charge is -2.12. The Morgan fingerprint density at radius 3 is 2.52 bits per heavy atom. The van der Waals surface area contributed by atoms with Crippen molar-refractivity contribution >= 4 is 27.6 Å². The van der Waals surface area contributed by atoms with Gasteiger partial charge in [-0.3, -0.25) is 5.32 Å². The molecule has 132 valence electrons. The Balaban J connectivity index is 2.23. The van der Waals surface area contributed by atoms with Crippen molar-refractivity contribution in [3.05, 3.63) is 42.2 Å². The molecule has 25 heavy (non-hydrogen) atoms. The molecule has 0 fully saturated rings. The Morgan fingerprint density at radius 2 is 1.88 bits per heavy atom. The predicted octanol–water partition coefficient (Wildman–Crippen LogP) is 1.73. The van der Waals surface area contributed by atoms with Crippen LogP contribution in [0.4, 0.5) is 10.7 Å². The van der Waals surface area contributed by atoms with E-state index >= 15 is 0 Å². The Hall–Kier alpha value is -3.01. The highest BCUT2D eigenvalue weighted by molar-refractivity contribution is 7.90. The number of ether oxygens (including phenoxy) is 1. The number of urea groups is 1. The number of hydrogen-bond donors (Lipinski definition) is 2. The van der Waals surface area contributed by atoms with Crippen LogP contribution in [-0.4, -0.2) is 36.5 Å². The number of aromatic nitrogens is 3. The van der Waals surface area contributed by atoms with Crippen molar-refractivity contribution < 1.29 is 17.9 Å². The van der Waals surface area contributed by atoms with Gasteiger partial charge in [-0.15, -0.1) is 0 Å². The number of sulfonamides is 1. The highest BCUT2D eigenvalue weighted by Crippen LogP contribution is 2.21. The molecule has 2 rings (SSSR count). The van der Waals surface area contributed by atoms with Crippen LogP contribution in [0.1, 0.15) is 18.3 Å². The molecule has 2 aromatic rings. The molecule has 0 aliphatic heterocycles. The maximum atomic E-state index is 12.5. The van der Waals surface area contributed by atoms with Crippen LogP contribution in [0.25, 0.3) is 5.57 Å². The summed E-state index contributed by atoms with van der Waals surface area (Å²) >= 11 is 0. The molecule has 1 heterocycles. The van der Waals surface area contributed by atoms with Crippen LogP contribution in [0.15, 0.2) is 35.7 Å². The maximum Gasteiger partial charge on any atom is 0.335 e. The lowest BCUT2D eigenvalue weighted by Crippen LogP contribution is -2.35. The number of carbonyl (C=O) groups excluding carboxylic acids is 1. The van der Waals surface area contributed by atoms with Crippen molar-refractivity contribution in [3.63, 3.8) is 0 Å². The number of aryl methyl sites for hydroxylation is 1. The van der Waals surface area contributed by atoms with Gasteiger partial charge in [-0.1, -0.05) is 24.8 Å². The van der Waals surface area contributed by atoms with Crippen LogP contribution in [0.2, 0.25) is 0 Å². The summed E-state index contributed by atoms with van der Waals surface area (Å²) in [4.78, 5) is 23.5. The van der Waals surface area contributed by atoms with E-state index in [0.717, 1.165) is 0 Å². The largest absolute Gasteiger partial charge is 0.467 e. The molecule has 2 N–H and O–H groups in total. The normalized spacial score (nSPS) is 10.8. The Bertz CT molecular complexity index is 927. The first kappa shape index (κ1) is 18.3. The van der Waals surface area contributed by atoms with E-state index in [1.165, 1.54) is 13.2 Å². The smallest absolute Gasteiger partial charge is 0.335 e. The molecular weight excluding hydrogens is 346 g/mol. The Morgan fingerprint density at radius 1 is 1.20 bits per heavy atom. The molecule has 10 heteroatoms. The van der Waals surface area contributed by atoms with Gasteiger partial charge in [0.05, 0.1) is 12.0 Å². The van der Waals surface area contributed by atoms with E-state index in [1.807, 2.05) is 4.72 Å². The average molecular weight is 363 g/mol. The third-order valence-corrected chi connectivity index (χ3v) is 4.39. The lowest BCUT2D eigenvalue weighted by atomic mass is 10.1. The maximum absolute atomic E-state index is 12.5. The minimum atomic E-state index is -4.11. The Kier molecular flexibility index (Phi) is 5.32. The summed E-state index contributed by atoms with van der Waals surface area (Å²) < 4.78 is 31.7. The fourth-order valence-corrected chi connectivity index (χ4v) is 3.16. The molecule has 0 aliphatic rings. The van der Waals surface area contributed by atoms with E-state index in [9.17, 15) is 13.2 Å². The van der Waals surface area contributed by atoms with E-state index < -0.39 is 16.1 Å². The number of rotatable bonds is 5. The van der Waals surface area contributed by atoms with Crippen molar-refractivity contribution in [2.45, 2.75) is 18.7 Å². The molecule has 0 unspecified atom stereocenters. The topological polar surface area (TPSA) is 123 Å². The van der Waals surface area contributed by atoms with Gasteiger partial charge in [0, 0.05) is 0 Å². The first-order valence-corrected chi connectivity index (χ1v) is 8.56.